The van der Waals surface area contributed by atoms with E-state index < -0.39 is 0 Å². The minimum absolute atomic E-state index is 0.178. The van der Waals surface area contributed by atoms with Crippen LogP contribution in [0.15, 0.2) is 47.3 Å². The van der Waals surface area contributed by atoms with Crippen LogP contribution in [0.4, 0.5) is 0 Å². The van der Waals surface area contributed by atoms with Crippen molar-refractivity contribution in [3.05, 3.63) is 68.7 Å². The van der Waals surface area contributed by atoms with E-state index in [1.54, 1.807) is 41.3 Å². The molecular weight excluding hydrogens is 413 g/mol. The topological polar surface area (TPSA) is 75.3 Å². The lowest BCUT2D eigenvalue weighted by molar-refractivity contribution is -0.134. The second kappa shape index (κ2) is 9.76. The summed E-state index contributed by atoms with van der Waals surface area (Å²) in [5.74, 6) is 0.597. The Labute approximate surface area is 178 Å². The number of carbonyl (C=O) groups is 1. The van der Waals surface area contributed by atoms with E-state index in [1.807, 2.05) is 13.0 Å². The Kier molecular flexibility index (Phi) is 7.12. The molecule has 8 heteroatoms. The molecule has 0 bridgehead atoms. The van der Waals surface area contributed by atoms with E-state index in [2.05, 4.69) is 9.97 Å². The van der Waals surface area contributed by atoms with Crippen molar-refractivity contribution in [2.45, 2.75) is 26.3 Å². The fourth-order valence-electron chi connectivity index (χ4n) is 2.85. The van der Waals surface area contributed by atoms with E-state index in [4.69, 9.17) is 27.9 Å². The number of H-pyrrole nitrogens is 1. The molecule has 1 amide bonds. The molecule has 0 unspecified atom stereocenters. The van der Waals surface area contributed by atoms with Gasteiger partial charge in [0.15, 0.2) is 6.61 Å². The third-order valence-electron chi connectivity index (χ3n) is 4.38. The van der Waals surface area contributed by atoms with Crippen LogP contribution in [-0.2, 0) is 11.3 Å². The smallest absolute Gasteiger partial charge is 0.260 e. The van der Waals surface area contributed by atoms with Crippen molar-refractivity contribution in [1.82, 2.24) is 14.9 Å². The Hall–Kier alpha value is -2.57. The molecule has 0 saturated heterocycles. The number of halogens is 2. The Morgan fingerprint density at radius 3 is 2.76 bits per heavy atom. The van der Waals surface area contributed by atoms with Gasteiger partial charge in [-0.25, -0.2) is 4.98 Å². The van der Waals surface area contributed by atoms with Gasteiger partial charge in [0.25, 0.3) is 11.5 Å². The van der Waals surface area contributed by atoms with Gasteiger partial charge in [-0.15, -0.1) is 0 Å². The first-order chi connectivity index (χ1) is 14.0. The van der Waals surface area contributed by atoms with Crippen LogP contribution in [0, 0.1) is 0 Å². The molecule has 0 aliphatic rings. The summed E-state index contributed by atoms with van der Waals surface area (Å²) < 4.78 is 5.57. The third kappa shape index (κ3) is 5.49. The SMILES string of the molecule is CCCCN(Cc1nc2ccccc2c(=O)[nH]1)C(=O)COc1ccc(Cl)cc1Cl. The number of rotatable bonds is 8. The Balaban J connectivity index is 1.75. The summed E-state index contributed by atoms with van der Waals surface area (Å²) in [6.07, 6.45) is 1.75. The van der Waals surface area contributed by atoms with Gasteiger partial charge in [0.2, 0.25) is 0 Å². The van der Waals surface area contributed by atoms with Crippen LogP contribution in [0.25, 0.3) is 10.9 Å². The predicted molar refractivity (Wildman–Crippen MR) is 115 cm³/mol. The number of nitrogens with one attached hydrogen (secondary N) is 1. The number of fused-ring (bicyclic) bond motifs is 1. The molecule has 3 rings (SSSR count). The van der Waals surface area contributed by atoms with Crippen molar-refractivity contribution >= 4 is 40.0 Å². The van der Waals surface area contributed by atoms with Crippen LogP contribution in [0.2, 0.25) is 10.0 Å². The summed E-state index contributed by atoms with van der Waals surface area (Å²) >= 11 is 12.0. The van der Waals surface area contributed by atoms with Crippen LogP contribution >= 0.6 is 23.2 Å². The molecule has 0 radical (unpaired) electrons. The average Bonchev–Trinajstić information content (AvgIpc) is 2.70. The molecule has 1 aromatic heterocycles. The van der Waals surface area contributed by atoms with Gasteiger partial charge in [-0.3, -0.25) is 9.59 Å². The van der Waals surface area contributed by atoms with Crippen molar-refractivity contribution in [3.63, 3.8) is 0 Å². The molecule has 1 N–H and O–H groups in total. The standard InChI is InChI=1S/C21H21Cl2N3O3/c1-2-3-10-26(20(27)13-29-18-9-8-14(22)11-16(18)23)12-19-24-17-7-5-4-6-15(17)21(28)25-19/h4-9,11H,2-3,10,12-13H2,1H3,(H,24,25,28). The largest absolute Gasteiger partial charge is 0.482 e. The van der Waals surface area contributed by atoms with Gasteiger partial charge in [0, 0.05) is 11.6 Å². The number of hydrogen-bond acceptors (Lipinski definition) is 4. The molecule has 0 fully saturated rings. The summed E-state index contributed by atoms with van der Waals surface area (Å²) in [6, 6.07) is 11.9. The lowest BCUT2D eigenvalue weighted by atomic mass is 10.2. The van der Waals surface area contributed by atoms with Crippen molar-refractivity contribution in [2.75, 3.05) is 13.2 Å². The van der Waals surface area contributed by atoms with Crippen molar-refractivity contribution < 1.29 is 9.53 Å². The monoisotopic (exact) mass is 433 g/mol. The first-order valence-electron chi connectivity index (χ1n) is 9.31. The molecule has 1 heterocycles. The van der Waals surface area contributed by atoms with Crippen LogP contribution in [0.3, 0.4) is 0 Å². The van der Waals surface area contributed by atoms with E-state index in [-0.39, 0.29) is 24.6 Å². The van der Waals surface area contributed by atoms with Gasteiger partial charge in [-0.2, -0.15) is 0 Å². The maximum Gasteiger partial charge on any atom is 0.260 e. The van der Waals surface area contributed by atoms with Gasteiger partial charge >= 0.3 is 0 Å². The number of aromatic nitrogens is 2. The quantitative estimate of drug-likeness (QED) is 0.569. The normalized spacial score (nSPS) is 10.9. The van der Waals surface area contributed by atoms with Crippen LogP contribution in [-0.4, -0.2) is 33.9 Å². The van der Waals surface area contributed by atoms with Gasteiger partial charge in [0.1, 0.15) is 11.6 Å². The highest BCUT2D eigenvalue weighted by molar-refractivity contribution is 6.35. The summed E-state index contributed by atoms with van der Waals surface area (Å²) in [6.45, 7) is 2.59. The first kappa shape index (κ1) is 21.1. The Bertz CT molecular complexity index is 1070. The van der Waals surface area contributed by atoms with Crippen LogP contribution in [0.1, 0.15) is 25.6 Å². The average molecular weight is 434 g/mol. The maximum atomic E-state index is 12.8. The number of aromatic amines is 1. The Morgan fingerprint density at radius 2 is 2.00 bits per heavy atom. The molecule has 0 saturated carbocycles. The molecule has 2 aromatic carbocycles. The molecule has 29 heavy (non-hydrogen) atoms. The van der Waals surface area contributed by atoms with E-state index in [0.717, 1.165) is 12.8 Å². The molecular formula is C21H21Cl2N3O3. The lowest BCUT2D eigenvalue weighted by Gasteiger charge is -2.22. The molecule has 0 aliphatic carbocycles. The fraction of sp³-hybridized carbons (Fsp3) is 0.286. The number of amides is 1. The van der Waals surface area contributed by atoms with Gasteiger partial charge < -0.3 is 14.6 Å². The summed E-state index contributed by atoms with van der Waals surface area (Å²) in [7, 11) is 0. The number of carbonyl (C=O) groups excluding carboxylic acids is 1. The Morgan fingerprint density at radius 1 is 1.21 bits per heavy atom. The van der Waals surface area contributed by atoms with E-state index >= 15 is 0 Å². The lowest BCUT2D eigenvalue weighted by Crippen LogP contribution is -2.36. The summed E-state index contributed by atoms with van der Waals surface area (Å²) in [5.41, 5.74) is 0.371. The maximum absolute atomic E-state index is 12.8. The van der Waals surface area contributed by atoms with E-state index in [1.165, 1.54) is 0 Å². The van der Waals surface area contributed by atoms with Crippen LogP contribution in [0.5, 0.6) is 5.75 Å². The highest BCUT2D eigenvalue weighted by Crippen LogP contribution is 2.27. The first-order valence-corrected chi connectivity index (χ1v) is 10.1. The summed E-state index contributed by atoms with van der Waals surface area (Å²) in [4.78, 5) is 33.9. The number of ether oxygens (including phenoxy) is 1. The second-order valence-corrected chi connectivity index (χ2v) is 7.41. The fourth-order valence-corrected chi connectivity index (χ4v) is 3.32. The van der Waals surface area contributed by atoms with Gasteiger partial charge in [-0.05, 0) is 36.8 Å². The van der Waals surface area contributed by atoms with Crippen molar-refractivity contribution in [1.29, 1.82) is 0 Å². The number of benzene rings is 2. The molecule has 152 valence electrons. The van der Waals surface area contributed by atoms with Crippen molar-refractivity contribution in [2.24, 2.45) is 0 Å². The highest BCUT2D eigenvalue weighted by atomic mass is 35.5. The van der Waals surface area contributed by atoms with E-state index in [9.17, 15) is 9.59 Å². The van der Waals surface area contributed by atoms with Crippen LogP contribution < -0.4 is 10.3 Å². The van der Waals surface area contributed by atoms with E-state index in [0.29, 0.717) is 39.1 Å². The minimum atomic E-state index is -0.224. The number of para-hydroxylation sites is 1. The van der Waals surface area contributed by atoms with Gasteiger partial charge in [-0.1, -0.05) is 48.7 Å². The summed E-state index contributed by atoms with van der Waals surface area (Å²) in [5, 5.41) is 1.35. The second-order valence-electron chi connectivity index (χ2n) is 6.56. The van der Waals surface area contributed by atoms with Gasteiger partial charge in [0.05, 0.1) is 22.5 Å². The zero-order valence-corrected chi connectivity index (χ0v) is 17.5. The molecule has 0 atom stereocenters. The molecule has 0 aliphatic heterocycles. The number of hydrogen-bond donors (Lipinski definition) is 1. The molecule has 6 nitrogen and oxygen atoms in total. The minimum Gasteiger partial charge on any atom is -0.482 e. The molecule has 0 spiro atoms. The molecule has 3 aromatic rings. The zero-order chi connectivity index (χ0) is 20.8. The highest BCUT2D eigenvalue weighted by Gasteiger charge is 2.17. The zero-order valence-electron chi connectivity index (χ0n) is 16.0. The number of unbranched alkanes of at least 4 members (excludes halogenated alkanes) is 1. The number of nitrogens with zero attached hydrogens (tertiary/aromatic N) is 2. The predicted octanol–water partition coefficient (Wildman–Crippen LogP) is 4.44. The van der Waals surface area contributed by atoms with Crippen molar-refractivity contribution in [3.8, 4) is 5.75 Å². The third-order valence-corrected chi connectivity index (χ3v) is 4.91.